The quantitative estimate of drug-likeness (QED) is 0.807. The van der Waals surface area contributed by atoms with Crippen LogP contribution < -0.4 is 10.1 Å². The van der Waals surface area contributed by atoms with E-state index in [9.17, 15) is 4.79 Å². The summed E-state index contributed by atoms with van der Waals surface area (Å²) in [5.74, 6) is 0.432. The normalized spacial score (nSPS) is 11.3. The number of methoxy groups -OCH3 is 1. The molecule has 0 fully saturated rings. The van der Waals surface area contributed by atoms with Gasteiger partial charge in [-0.3, -0.25) is 4.79 Å². The van der Waals surface area contributed by atoms with E-state index < -0.39 is 5.37 Å². The minimum atomic E-state index is -0.519. The molecule has 0 saturated heterocycles. The number of nitriles is 1. The molecule has 84 valence electrons. The maximum atomic E-state index is 11.7. The number of amides is 1. The molecule has 1 rings (SSSR count). The van der Waals surface area contributed by atoms with Gasteiger partial charge in [-0.2, -0.15) is 5.26 Å². The number of hydrogen-bond acceptors (Lipinski definition) is 4. The van der Waals surface area contributed by atoms with Crippen LogP contribution in [0.4, 0.5) is 0 Å². The van der Waals surface area contributed by atoms with Crippen molar-refractivity contribution < 1.29 is 9.53 Å². The Kier molecular flexibility index (Phi) is 4.67. The van der Waals surface area contributed by atoms with Crippen LogP contribution in [0, 0.1) is 11.3 Å². The second-order valence-electron chi connectivity index (χ2n) is 2.95. The summed E-state index contributed by atoms with van der Waals surface area (Å²) < 4.78 is 4.98. The molecule has 16 heavy (non-hydrogen) atoms. The van der Waals surface area contributed by atoms with E-state index in [1.54, 1.807) is 37.6 Å². The summed E-state index contributed by atoms with van der Waals surface area (Å²) in [6, 6.07) is 8.70. The average molecular weight is 236 g/mol. The molecule has 0 aliphatic carbocycles. The van der Waals surface area contributed by atoms with E-state index in [1.807, 2.05) is 6.07 Å². The zero-order valence-corrected chi connectivity index (χ0v) is 9.88. The molecule has 1 unspecified atom stereocenters. The lowest BCUT2D eigenvalue weighted by Gasteiger charge is -2.08. The maximum absolute atomic E-state index is 11.7. The molecule has 0 bridgehead atoms. The Morgan fingerprint density at radius 1 is 1.50 bits per heavy atom. The van der Waals surface area contributed by atoms with Crippen molar-refractivity contribution in [2.45, 2.75) is 5.37 Å². The highest BCUT2D eigenvalue weighted by Gasteiger charge is 2.11. The van der Waals surface area contributed by atoms with Crippen molar-refractivity contribution in [1.29, 1.82) is 5.26 Å². The van der Waals surface area contributed by atoms with E-state index in [1.165, 1.54) is 11.8 Å². The van der Waals surface area contributed by atoms with Gasteiger partial charge in [-0.05, 0) is 30.5 Å². The standard InChI is InChI=1S/C11H12N2O2S/c1-15-9-5-3-8(4-6-9)11(14)13-10(7-12)16-2/h3-6,10H,1-2H3,(H,13,14). The Morgan fingerprint density at radius 3 is 2.56 bits per heavy atom. The summed E-state index contributed by atoms with van der Waals surface area (Å²) in [5.41, 5.74) is 0.509. The van der Waals surface area contributed by atoms with Crippen LogP contribution in [0.15, 0.2) is 24.3 Å². The SMILES string of the molecule is COc1ccc(C(=O)NC(C#N)SC)cc1. The summed E-state index contributed by atoms with van der Waals surface area (Å²) >= 11 is 1.28. The van der Waals surface area contributed by atoms with Gasteiger partial charge < -0.3 is 10.1 Å². The highest BCUT2D eigenvalue weighted by atomic mass is 32.2. The van der Waals surface area contributed by atoms with Crippen LogP contribution in [0.5, 0.6) is 5.75 Å². The molecule has 0 saturated carbocycles. The van der Waals surface area contributed by atoms with E-state index in [-0.39, 0.29) is 5.91 Å². The molecule has 1 aromatic rings. The molecule has 1 amide bonds. The minimum Gasteiger partial charge on any atom is -0.497 e. The first-order chi connectivity index (χ1) is 7.71. The van der Waals surface area contributed by atoms with Crippen molar-refractivity contribution in [1.82, 2.24) is 5.32 Å². The fourth-order valence-corrected chi connectivity index (χ4v) is 1.42. The lowest BCUT2D eigenvalue weighted by atomic mass is 10.2. The summed E-state index contributed by atoms with van der Waals surface area (Å²) in [6.07, 6.45) is 1.77. The lowest BCUT2D eigenvalue weighted by molar-refractivity contribution is 0.0955. The topological polar surface area (TPSA) is 62.1 Å². The van der Waals surface area contributed by atoms with Crippen molar-refractivity contribution in [3.63, 3.8) is 0 Å². The van der Waals surface area contributed by atoms with Gasteiger partial charge >= 0.3 is 0 Å². The van der Waals surface area contributed by atoms with Gasteiger partial charge in [0.05, 0.1) is 13.2 Å². The Labute approximate surface area is 98.6 Å². The first-order valence-electron chi connectivity index (χ1n) is 4.58. The highest BCUT2D eigenvalue weighted by Crippen LogP contribution is 2.12. The Morgan fingerprint density at radius 2 is 2.12 bits per heavy atom. The van der Waals surface area contributed by atoms with Crippen LogP contribution in [0.3, 0.4) is 0 Å². The number of nitrogens with one attached hydrogen (secondary N) is 1. The molecular formula is C11H12N2O2S. The molecule has 1 N–H and O–H groups in total. The molecule has 1 aromatic carbocycles. The molecular weight excluding hydrogens is 224 g/mol. The summed E-state index contributed by atoms with van der Waals surface area (Å²) in [7, 11) is 1.56. The van der Waals surface area contributed by atoms with Crippen molar-refractivity contribution in [2.75, 3.05) is 13.4 Å². The number of hydrogen-bond donors (Lipinski definition) is 1. The Hall–Kier alpha value is -1.67. The zero-order valence-electron chi connectivity index (χ0n) is 9.06. The van der Waals surface area contributed by atoms with Gasteiger partial charge in [-0.1, -0.05) is 0 Å². The van der Waals surface area contributed by atoms with Gasteiger partial charge in [0.25, 0.3) is 5.91 Å². The van der Waals surface area contributed by atoms with Gasteiger partial charge in [0.1, 0.15) is 5.75 Å². The van der Waals surface area contributed by atoms with Crippen LogP contribution in [-0.2, 0) is 0 Å². The number of carbonyl (C=O) groups excluding carboxylic acids is 1. The molecule has 0 aliphatic rings. The minimum absolute atomic E-state index is 0.261. The largest absolute Gasteiger partial charge is 0.497 e. The second-order valence-corrected chi connectivity index (χ2v) is 3.89. The first-order valence-corrected chi connectivity index (χ1v) is 5.87. The predicted molar refractivity (Wildman–Crippen MR) is 63.4 cm³/mol. The molecule has 1 atom stereocenters. The van der Waals surface area contributed by atoms with Gasteiger partial charge in [-0.15, -0.1) is 11.8 Å². The predicted octanol–water partition coefficient (Wildman–Crippen LogP) is 1.64. The molecule has 0 spiro atoms. The monoisotopic (exact) mass is 236 g/mol. The highest BCUT2D eigenvalue weighted by molar-refractivity contribution is 7.99. The summed E-state index contributed by atoms with van der Waals surface area (Å²) in [4.78, 5) is 11.7. The summed E-state index contributed by atoms with van der Waals surface area (Å²) in [5, 5.41) is 10.8. The van der Waals surface area contributed by atoms with Gasteiger partial charge in [-0.25, -0.2) is 0 Å². The lowest BCUT2D eigenvalue weighted by Crippen LogP contribution is -2.31. The number of benzene rings is 1. The number of ether oxygens (including phenoxy) is 1. The maximum Gasteiger partial charge on any atom is 0.252 e. The Balaban J connectivity index is 2.70. The first kappa shape index (κ1) is 12.4. The van der Waals surface area contributed by atoms with Crippen LogP contribution in [0.1, 0.15) is 10.4 Å². The van der Waals surface area contributed by atoms with Crippen molar-refractivity contribution >= 4 is 17.7 Å². The second kappa shape index (κ2) is 6.03. The number of carbonyl (C=O) groups is 1. The van der Waals surface area contributed by atoms with E-state index in [0.29, 0.717) is 11.3 Å². The van der Waals surface area contributed by atoms with Crippen molar-refractivity contribution in [2.24, 2.45) is 0 Å². The van der Waals surface area contributed by atoms with Crippen LogP contribution in [-0.4, -0.2) is 24.6 Å². The fourth-order valence-electron chi connectivity index (χ4n) is 1.09. The number of thioether (sulfide) groups is 1. The van der Waals surface area contributed by atoms with Gasteiger partial charge in [0.15, 0.2) is 5.37 Å². The van der Waals surface area contributed by atoms with Crippen LogP contribution in [0.2, 0.25) is 0 Å². The van der Waals surface area contributed by atoms with Crippen molar-refractivity contribution in [3.8, 4) is 11.8 Å². The third-order valence-electron chi connectivity index (χ3n) is 1.97. The zero-order chi connectivity index (χ0) is 12.0. The third kappa shape index (κ3) is 3.17. The van der Waals surface area contributed by atoms with E-state index in [0.717, 1.165) is 0 Å². The van der Waals surface area contributed by atoms with Gasteiger partial charge in [0.2, 0.25) is 0 Å². The Bertz CT molecular complexity index is 397. The van der Waals surface area contributed by atoms with Gasteiger partial charge in [0, 0.05) is 5.56 Å². The molecule has 0 heterocycles. The smallest absolute Gasteiger partial charge is 0.252 e. The molecule has 0 aliphatic heterocycles. The third-order valence-corrected chi connectivity index (χ3v) is 2.66. The molecule has 0 aromatic heterocycles. The number of nitrogens with zero attached hydrogens (tertiary/aromatic N) is 1. The number of rotatable bonds is 4. The summed E-state index contributed by atoms with van der Waals surface area (Å²) in [6.45, 7) is 0. The fraction of sp³-hybridized carbons (Fsp3) is 0.273. The van der Waals surface area contributed by atoms with E-state index in [4.69, 9.17) is 10.00 Å². The van der Waals surface area contributed by atoms with E-state index >= 15 is 0 Å². The van der Waals surface area contributed by atoms with Crippen molar-refractivity contribution in [3.05, 3.63) is 29.8 Å². The molecule has 0 radical (unpaired) electrons. The van der Waals surface area contributed by atoms with Crippen LogP contribution >= 0.6 is 11.8 Å². The average Bonchev–Trinajstić information content (AvgIpc) is 2.35. The van der Waals surface area contributed by atoms with Crippen LogP contribution in [0.25, 0.3) is 0 Å². The van der Waals surface area contributed by atoms with E-state index in [2.05, 4.69) is 5.32 Å². The molecule has 5 heteroatoms. The molecule has 4 nitrogen and oxygen atoms in total.